The second kappa shape index (κ2) is 10.2. The minimum absolute atomic E-state index is 0. The maximum atomic E-state index is 5.68. The van der Waals surface area contributed by atoms with E-state index in [0.717, 1.165) is 38.1 Å². The fraction of sp³-hybridized carbons (Fsp3) is 0.632. The van der Waals surface area contributed by atoms with Gasteiger partial charge in [-0.15, -0.1) is 24.0 Å². The first kappa shape index (κ1) is 19.5. The lowest BCUT2D eigenvalue weighted by molar-refractivity contribution is 0.113. The highest BCUT2D eigenvalue weighted by molar-refractivity contribution is 14.0. The number of hydrogen-bond donors (Lipinski definition) is 1. The molecule has 2 aliphatic heterocycles. The van der Waals surface area contributed by atoms with Crippen molar-refractivity contribution >= 4 is 29.9 Å². The van der Waals surface area contributed by atoms with Crippen molar-refractivity contribution in [1.29, 1.82) is 0 Å². The molecule has 0 amide bonds. The van der Waals surface area contributed by atoms with E-state index in [9.17, 15) is 0 Å². The fourth-order valence-electron chi connectivity index (χ4n) is 3.64. The predicted octanol–water partition coefficient (Wildman–Crippen LogP) is 3.31. The average Bonchev–Trinajstić information content (AvgIpc) is 3.11. The quantitative estimate of drug-likeness (QED) is 0.441. The lowest BCUT2D eigenvalue weighted by atomic mass is 9.90. The van der Waals surface area contributed by atoms with Crippen molar-refractivity contribution < 1.29 is 4.74 Å². The standard InChI is InChI=1S/C19H29N3O.HI/c1-20-19(21-15-18-8-5-13-23-18)22-11-9-17(10-12-22)14-16-6-3-2-4-7-16;/h2-4,6-7,17-18H,5,8-15H2,1H3,(H,20,21);1H. The smallest absolute Gasteiger partial charge is 0.193 e. The zero-order chi connectivity index (χ0) is 15.9. The number of guanidine groups is 1. The zero-order valence-electron chi connectivity index (χ0n) is 14.6. The van der Waals surface area contributed by atoms with E-state index in [1.165, 1.54) is 37.7 Å². The molecule has 1 unspecified atom stereocenters. The van der Waals surface area contributed by atoms with Gasteiger partial charge in [-0.1, -0.05) is 30.3 Å². The van der Waals surface area contributed by atoms with Gasteiger partial charge in [0.05, 0.1) is 6.10 Å². The van der Waals surface area contributed by atoms with Gasteiger partial charge >= 0.3 is 0 Å². The van der Waals surface area contributed by atoms with E-state index in [2.05, 4.69) is 45.5 Å². The van der Waals surface area contributed by atoms with E-state index >= 15 is 0 Å². The van der Waals surface area contributed by atoms with Crippen LogP contribution in [0.3, 0.4) is 0 Å². The highest BCUT2D eigenvalue weighted by Gasteiger charge is 2.23. The van der Waals surface area contributed by atoms with Gasteiger partial charge in [-0.25, -0.2) is 0 Å². The summed E-state index contributed by atoms with van der Waals surface area (Å²) in [4.78, 5) is 6.86. The summed E-state index contributed by atoms with van der Waals surface area (Å²) in [6.45, 7) is 4.00. The summed E-state index contributed by atoms with van der Waals surface area (Å²) >= 11 is 0. The molecular formula is C19H30IN3O. The van der Waals surface area contributed by atoms with E-state index in [-0.39, 0.29) is 24.0 Å². The second-order valence-electron chi connectivity index (χ2n) is 6.68. The van der Waals surface area contributed by atoms with Crippen LogP contribution in [-0.2, 0) is 11.2 Å². The summed E-state index contributed by atoms with van der Waals surface area (Å²) < 4.78 is 5.68. The summed E-state index contributed by atoms with van der Waals surface area (Å²) in [6.07, 6.45) is 6.42. The van der Waals surface area contributed by atoms with Gasteiger partial charge in [-0.3, -0.25) is 4.99 Å². The van der Waals surface area contributed by atoms with Crippen LogP contribution in [0.5, 0.6) is 0 Å². The second-order valence-corrected chi connectivity index (χ2v) is 6.68. The van der Waals surface area contributed by atoms with Gasteiger partial charge in [-0.05, 0) is 43.6 Å². The molecule has 1 aromatic rings. The molecule has 0 spiro atoms. The van der Waals surface area contributed by atoms with Crippen LogP contribution in [0, 0.1) is 5.92 Å². The van der Waals surface area contributed by atoms with Crippen molar-refractivity contribution in [1.82, 2.24) is 10.2 Å². The number of piperidine rings is 1. The Morgan fingerprint density at radius 1 is 1.21 bits per heavy atom. The van der Waals surface area contributed by atoms with Gasteiger partial charge in [0.2, 0.25) is 0 Å². The van der Waals surface area contributed by atoms with Crippen LogP contribution in [0.25, 0.3) is 0 Å². The molecule has 1 aromatic carbocycles. The maximum Gasteiger partial charge on any atom is 0.193 e. The number of ether oxygens (including phenoxy) is 1. The SMILES string of the molecule is CN=C(NCC1CCCO1)N1CCC(Cc2ccccc2)CC1.I. The lowest BCUT2D eigenvalue weighted by Crippen LogP contribution is -2.47. The van der Waals surface area contributed by atoms with Gasteiger partial charge in [0.1, 0.15) is 0 Å². The van der Waals surface area contributed by atoms with Gasteiger partial charge in [0, 0.05) is 33.3 Å². The molecule has 5 heteroatoms. The Balaban J connectivity index is 0.00000208. The number of nitrogens with one attached hydrogen (secondary N) is 1. The molecule has 0 aromatic heterocycles. The number of rotatable bonds is 4. The van der Waals surface area contributed by atoms with Crippen LogP contribution in [0.1, 0.15) is 31.2 Å². The Morgan fingerprint density at radius 3 is 2.58 bits per heavy atom. The van der Waals surface area contributed by atoms with Crippen molar-refractivity contribution in [2.45, 2.75) is 38.2 Å². The molecule has 0 bridgehead atoms. The largest absolute Gasteiger partial charge is 0.376 e. The predicted molar refractivity (Wildman–Crippen MR) is 110 cm³/mol. The third-order valence-corrected chi connectivity index (χ3v) is 5.00. The van der Waals surface area contributed by atoms with Gasteiger partial charge in [0.25, 0.3) is 0 Å². The molecule has 0 radical (unpaired) electrons. The third kappa shape index (κ3) is 5.62. The van der Waals surface area contributed by atoms with E-state index in [1.54, 1.807) is 0 Å². The first-order valence-electron chi connectivity index (χ1n) is 8.96. The Morgan fingerprint density at radius 2 is 1.96 bits per heavy atom. The molecular weight excluding hydrogens is 413 g/mol. The van der Waals surface area contributed by atoms with Crippen LogP contribution >= 0.6 is 24.0 Å². The number of hydrogen-bond acceptors (Lipinski definition) is 2. The summed E-state index contributed by atoms with van der Waals surface area (Å²) in [5.41, 5.74) is 1.46. The van der Waals surface area contributed by atoms with Crippen molar-refractivity contribution in [3.8, 4) is 0 Å². The minimum Gasteiger partial charge on any atom is -0.376 e. The fourth-order valence-corrected chi connectivity index (χ4v) is 3.64. The number of halogens is 1. The molecule has 2 heterocycles. The molecule has 4 nitrogen and oxygen atoms in total. The number of likely N-dealkylation sites (tertiary alicyclic amines) is 1. The summed E-state index contributed by atoms with van der Waals surface area (Å²) in [5.74, 6) is 1.84. The number of nitrogens with zero attached hydrogens (tertiary/aromatic N) is 2. The summed E-state index contributed by atoms with van der Waals surface area (Å²) in [6, 6.07) is 10.9. The Kier molecular flexibility index (Phi) is 8.32. The molecule has 1 N–H and O–H groups in total. The molecule has 2 saturated heterocycles. The molecule has 3 rings (SSSR count). The molecule has 2 aliphatic rings. The van der Waals surface area contributed by atoms with E-state index in [4.69, 9.17) is 4.74 Å². The highest BCUT2D eigenvalue weighted by Crippen LogP contribution is 2.21. The van der Waals surface area contributed by atoms with E-state index in [1.807, 2.05) is 7.05 Å². The van der Waals surface area contributed by atoms with Crippen molar-refractivity contribution in [2.24, 2.45) is 10.9 Å². The topological polar surface area (TPSA) is 36.9 Å². The van der Waals surface area contributed by atoms with Gasteiger partial charge in [0.15, 0.2) is 5.96 Å². The Hall–Kier alpha value is -0.820. The maximum absolute atomic E-state index is 5.68. The van der Waals surface area contributed by atoms with Crippen LogP contribution in [0.15, 0.2) is 35.3 Å². The van der Waals surface area contributed by atoms with Crippen molar-refractivity contribution in [2.75, 3.05) is 33.3 Å². The van der Waals surface area contributed by atoms with Crippen LogP contribution < -0.4 is 5.32 Å². The molecule has 0 aliphatic carbocycles. The van der Waals surface area contributed by atoms with Crippen LogP contribution in [0.4, 0.5) is 0 Å². The number of aliphatic imine (C=N–C) groups is 1. The average molecular weight is 443 g/mol. The first-order chi connectivity index (χ1) is 11.3. The minimum atomic E-state index is 0. The third-order valence-electron chi connectivity index (χ3n) is 5.00. The monoisotopic (exact) mass is 443 g/mol. The first-order valence-corrected chi connectivity index (χ1v) is 8.96. The molecule has 1 atom stereocenters. The summed E-state index contributed by atoms with van der Waals surface area (Å²) in [7, 11) is 1.88. The molecule has 0 saturated carbocycles. The highest BCUT2D eigenvalue weighted by atomic mass is 127. The summed E-state index contributed by atoms with van der Waals surface area (Å²) in [5, 5.41) is 3.50. The van der Waals surface area contributed by atoms with Crippen molar-refractivity contribution in [3.63, 3.8) is 0 Å². The zero-order valence-corrected chi connectivity index (χ0v) is 16.9. The van der Waals surface area contributed by atoms with Gasteiger partial charge in [-0.2, -0.15) is 0 Å². The Labute approximate surface area is 163 Å². The van der Waals surface area contributed by atoms with Crippen molar-refractivity contribution in [3.05, 3.63) is 35.9 Å². The van der Waals surface area contributed by atoms with E-state index < -0.39 is 0 Å². The van der Waals surface area contributed by atoms with Gasteiger partial charge < -0.3 is 15.0 Å². The van der Waals surface area contributed by atoms with Crippen LogP contribution in [-0.4, -0.2) is 50.3 Å². The Bertz CT molecular complexity index is 495. The van der Waals surface area contributed by atoms with E-state index in [0.29, 0.717) is 6.10 Å². The molecule has 24 heavy (non-hydrogen) atoms. The molecule has 2 fully saturated rings. The van der Waals surface area contributed by atoms with Crippen LogP contribution in [0.2, 0.25) is 0 Å². The molecule has 134 valence electrons. The number of benzene rings is 1. The normalized spacial score (nSPS) is 22.3. The lowest BCUT2D eigenvalue weighted by Gasteiger charge is -2.34.